The predicted molar refractivity (Wildman–Crippen MR) is 57.1 cm³/mol. The molecule has 0 aliphatic carbocycles. The largest absolute Gasteiger partial charge is 0.382 e. The number of aryl methyl sites for hydroxylation is 1. The zero-order chi connectivity index (χ0) is 9.42. The minimum Gasteiger partial charge on any atom is -0.382 e. The fraction of sp³-hybridized carbons (Fsp3) is 0.500. The normalized spacial score (nSPS) is 26.4. The second kappa shape index (κ2) is 3.06. The molecule has 1 aliphatic rings. The van der Waals surface area contributed by atoms with Crippen LogP contribution in [-0.2, 0) is 6.42 Å². The Labute approximate surface area is 80.2 Å². The van der Waals surface area contributed by atoms with Gasteiger partial charge in [0.05, 0.1) is 0 Å². The number of hydrogen-bond acceptors (Lipinski definition) is 1. The highest BCUT2D eigenvalue weighted by Gasteiger charge is 2.21. The summed E-state index contributed by atoms with van der Waals surface area (Å²) in [7, 11) is 0. The molecule has 0 spiro atoms. The van der Waals surface area contributed by atoms with Crippen LogP contribution in [0.2, 0.25) is 0 Å². The van der Waals surface area contributed by atoms with E-state index in [4.69, 9.17) is 0 Å². The van der Waals surface area contributed by atoms with Crippen molar-refractivity contribution in [2.45, 2.75) is 33.2 Å². The van der Waals surface area contributed by atoms with E-state index >= 15 is 0 Å². The predicted octanol–water partition coefficient (Wildman–Crippen LogP) is 2.99. The first-order chi connectivity index (χ1) is 6.18. The van der Waals surface area contributed by atoms with Crippen LogP contribution >= 0.6 is 0 Å². The van der Waals surface area contributed by atoms with Gasteiger partial charge in [-0.05, 0) is 43.4 Å². The topological polar surface area (TPSA) is 12.0 Å². The summed E-state index contributed by atoms with van der Waals surface area (Å²) in [6.45, 7) is 6.77. The van der Waals surface area contributed by atoms with E-state index < -0.39 is 0 Å². The maximum atomic E-state index is 3.55. The molecule has 1 heterocycles. The smallest absolute Gasteiger partial charge is 0.0377 e. The Morgan fingerprint density at radius 1 is 1.31 bits per heavy atom. The minimum absolute atomic E-state index is 0.606. The molecule has 13 heavy (non-hydrogen) atoms. The molecule has 1 aromatic carbocycles. The molecule has 0 radical (unpaired) electrons. The van der Waals surface area contributed by atoms with Crippen LogP contribution < -0.4 is 5.32 Å². The van der Waals surface area contributed by atoms with Crippen LogP contribution in [0.25, 0.3) is 0 Å². The molecule has 0 saturated heterocycles. The van der Waals surface area contributed by atoms with Crippen molar-refractivity contribution in [2.24, 2.45) is 5.92 Å². The van der Waals surface area contributed by atoms with Crippen LogP contribution in [0.15, 0.2) is 18.2 Å². The Hall–Kier alpha value is -0.980. The Bertz CT molecular complexity index is 317. The summed E-state index contributed by atoms with van der Waals surface area (Å²) in [5.74, 6) is 0.744. The quantitative estimate of drug-likeness (QED) is 0.639. The lowest BCUT2D eigenvalue weighted by atomic mass is 9.87. The van der Waals surface area contributed by atoms with Crippen molar-refractivity contribution in [3.05, 3.63) is 29.3 Å². The third-order valence-corrected chi connectivity index (χ3v) is 3.17. The second-order valence-electron chi connectivity index (χ2n) is 4.22. The monoisotopic (exact) mass is 175 g/mol. The van der Waals surface area contributed by atoms with Gasteiger partial charge in [0.15, 0.2) is 0 Å². The first kappa shape index (κ1) is 8.61. The van der Waals surface area contributed by atoms with E-state index in [9.17, 15) is 0 Å². The third kappa shape index (κ3) is 1.43. The van der Waals surface area contributed by atoms with Gasteiger partial charge in [-0.1, -0.05) is 19.1 Å². The second-order valence-corrected chi connectivity index (χ2v) is 4.22. The summed E-state index contributed by atoms with van der Waals surface area (Å²) in [5, 5.41) is 3.55. The molecule has 1 aromatic rings. The van der Waals surface area contributed by atoms with Crippen molar-refractivity contribution < 1.29 is 0 Å². The summed E-state index contributed by atoms with van der Waals surface area (Å²) in [6.07, 6.45) is 1.22. The molecule has 0 amide bonds. The van der Waals surface area contributed by atoms with Crippen LogP contribution in [-0.4, -0.2) is 6.04 Å². The fourth-order valence-corrected chi connectivity index (χ4v) is 1.99. The number of anilines is 1. The number of hydrogen-bond donors (Lipinski definition) is 1. The van der Waals surface area contributed by atoms with E-state index in [-0.39, 0.29) is 0 Å². The van der Waals surface area contributed by atoms with Gasteiger partial charge in [0.1, 0.15) is 0 Å². The number of nitrogens with one attached hydrogen (secondary N) is 1. The molecule has 0 aromatic heterocycles. The minimum atomic E-state index is 0.606. The fourth-order valence-electron chi connectivity index (χ4n) is 1.99. The Morgan fingerprint density at radius 3 is 2.85 bits per heavy atom. The van der Waals surface area contributed by atoms with Crippen molar-refractivity contribution >= 4 is 5.69 Å². The third-order valence-electron chi connectivity index (χ3n) is 3.17. The van der Waals surface area contributed by atoms with Gasteiger partial charge in [-0.25, -0.2) is 0 Å². The van der Waals surface area contributed by atoms with Gasteiger partial charge in [-0.2, -0.15) is 0 Å². The van der Waals surface area contributed by atoms with E-state index in [1.165, 1.54) is 23.2 Å². The summed E-state index contributed by atoms with van der Waals surface area (Å²) in [5.41, 5.74) is 4.27. The first-order valence-corrected chi connectivity index (χ1v) is 5.03. The Kier molecular flexibility index (Phi) is 2.03. The molecule has 0 bridgehead atoms. The van der Waals surface area contributed by atoms with Crippen molar-refractivity contribution in [3.8, 4) is 0 Å². The zero-order valence-electron chi connectivity index (χ0n) is 8.59. The zero-order valence-corrected chi connectivity index (χ0v) is 8.59. The van der Waals surface area contributed by atoms with Crippen LogP contribution in [0.3, 0.4) is 0 Å². The maximum Gasteiger partial charge on any atom is 0.0377 e. The molecule has 1 aliphatic heterocycles. The Morgan fingerprint density at radius 2 is 2.08 bits per heavy atom. The van der Waals surface area contributed by atoms with E-state index in [0.29, 0.717) is 6.04 Å². The summed E-state index contributed by atoms with van der Waals surface area (Å²) in [6, 6.07) is 7.12. The van der Waals surface area contributed by atoms with Crippen molar-refractivity contribution in [1.29, 1.82) is 0 Å². The maximum absolute atomic E-state index is 3.55. The van der Waals surface area contributed by atoms with E-state index in [1.807, 2.05) is 0 Å². The average molecular weight is 175 g/mol. The molecule has 2 rings (SSSR count). The van der Waals surface area contributed by atoms with Crippen LogP contribution in [0.5, 0.6) is 0 Å². The van der Waals surface area contributed by atoms with Gasteiger partial charge in [-0.15, -0.1) is 0 Å². The first-order valence-electron chi connectivity index (χ1n) is 5.03. The van der Waals surface area contributed by atoms with Gasteiger partial charge in [0.25, 0.3) is 0 Å². The standard InChI is InChI=1S/C12H17N/c1-8-5-4-6-12-11(8)7-9(2)10(3)13-12/h4-6,9-10,13H,7H2,1-3H3. The average Bonchev–Trinajstić information content (AvgIpc) is 2.09. The molecule has 1 nitrogen and oxygen atoms in total. The summed E-state index contributed by atoms with van der Waals surface area (Å²) >= 11 is 0. The van der Waals surface area contributed by atoms with E-state index in [2.05, 4.69) is 44.3 Å². The van der Waals surface area contributed by atoms with Gasteiger partial charge < -0.3 is 5.32 Å². The van der Waals surface area contributed by atoms with Crippen molar-refractivity contribution in [3.63, 3.8) is 0 Å². The highest BCUT2D eigenvalue weighted by Crippen LogP contribution is 2.30. The molecule has 0 fully saturated rings. The van der Waals surface area contributed by atoms with Gasteiger partial charge in [-0.3, -0.25) is 0 Å². The van der Waals surface area contributed by atoms with Gasteiger partial charge >= 0.3 is 0 Å². The highest BCUT2D eigenvalue weighted by molar-refractivity contribution is 5.57. The lowest BCUT2D eigenvalue weighted by molar-refractivity contribution is 0.490. The highest BCUT2D eigenvalue weighted by atomic mass is 14.9. The molecule has 1 heteroatoms. The summed E-state index contributed by atoms with van der Waals surface area (Å²) < 4.78 is 0. The van der Waals surface area contributed by atoms with Crippen molar-refractivity contribution in [1.82, 2.24) is 0 Å². The number of rotatable bonds is 0. The van der Waals surface area contributed by atoms with Gasteiger partial charge in [0, 0.05) is 11.7 Å². The SMILES string of the molecule is Cc1cccc2c1CC(C)C(C)N2. The number of fused-ring (bicyclic) bond motifs is 1. The molecule has 0 saturated carbocycles. The molecule has 70 valence electrons. The Balaban J connectivity index is 2.42. The van der Waals surface area contributed by atoms with E-state index in [0.717, 1.165) is 5.92 Å². The van der Waals surface area contributed by atoms with Gasteiger partial charge in [0.2, 0.25) is 0 Å². The molecular weight excluding hydrogens is 158 g/mol. The molecule has 2 unspecified atom stereocenters. The lowest BCUT2D eigenvalue weighted by Gasteiger charge is -2.31. The molecule has 1 N–H and O–H groups in total. The van der Waals surface area contributed by atoms with E-state index in [1.54, 1.807) is 0 Å². The van der Waals surface area contributed by atoms with Crippen LogP contribution in [0.1, 0.15) is 25.0 Å². The molecular formula is C12H17N. The number of benzene rings is 1. The lowest BCUT2D eigenvalue weighted by Crippen LogP contribution is -2.30. The van der Waals surface area contributed by atoms with Crippen LogP contribution in [0.4, 0.5) is 5.69 Å². The van der Waals surface area contributed by atoms with Crippen LogP contribution in [0, 0.1) is 12.8 Å². The summed E-state index contributed by atoms with van der Waals surface area (Å²) in [4.78, 5) is 0. The van der Waals surface area contributed by atoms with Crippen molar-refractivity contribution in [2.75, 3.05) is 5.32 Å². The molecule has 2 atom stereocenters.